The topological polar surface area (TPSA) is 109 Å². The number of ether oxygens (including phenoxy) is 2. The van der Waals surface area contributed by atoms with Crippen LogP contribution in [-0.4, -0.2) is 40.6 Å². The summed E-state index contributed by atoms with van der Waals surface area (Å²) < 4.78 is 11.7. The van der Waals surface area contributed by atoms with Crippen LogP contribution in [0, 0.1) is 0 Å². The number of rotatable bonds is 7. The molecule has 1 aromatic heterocycles. The van der Waals surface area contributed by atoms with E-state index in [4.69, 9.17) is 9.47 Å². The fourth-order valence-electron chi connectivity index (χ4n) is 4.25. The minimum absolute atomic E-state index is 0.0328. The molecule has 1 amide bonds. The van der Waals surface area contributed by atoms with Gasteiger partial charge in [0.05, 0.1) is 35.5 Å². The Labute approximate surface area is 217 Å². The average Bonchev–Trinajstić information content (AvgIpc) is 3.44. The number of hydrogen-bond donors (Lipinski definition) is 2. The van der Waals surface area contributed by atoms with Crippen molar-refractivity contribution in [1.29, 1.82) is 0 Å². The highest BCUT2D eigenvalue weighted by Gasteiger charge is 2.48. The third kappa shape index (κ3) is 4.49. The van der Waals surface area contributed by atoms with Crippen LogP contribution in [0.5, 0.6) is 17.2 Å². The van der Waals surface area contributed by atoms with Crippen molar-refractivity contribution in [2.24, 2.45) is 0 Å². The predicted molar refractivity (Wildman–Crippen MR) is 141 cm³/mol. The lowest BCUT2D eigenvalue weighted by Crippen LogP contribution is -2.29. The van der Waals surface area contributed by atoms with Gasteiger partial charge in [0.15, 0.2) is 5.13 Å². The number of aliphatic hydroxyl groups excluding tert-OH is 1. The van der Waals surface area contributed by atoms with Gasteiger partial charge < -0.3 is 19.7 Å². The van der Waals surface area contributed by atoms with E-state index in [9.17, 15) is 19.8 Å². The van der Waals surface area contributed by atoms with Gasteiger partial charge in [-0.2, -0.15) is 0 Å². The first kappa shape index (κ1) is 24.3. The summed E-state index contributed by atoms with van der Waals surface area (Å²) in [5.41, 5.74) is 1.37. The van der Waals surface area contributed by atoms with Crippen LogP contribution < -0.4 is 14.4 Å². The van der Waals surface area contributed by atoms with E-state index < -0.39 is 17.7 Å². The maximum Gasteiger partial charge on any atom is 0.301 e. The molecule has 5 rings (SSSR count). The summed E-state index contributed by atoms with van der Waals surface area (Å²) in [6, 6.07) is 17.3. The fraction of sp³-hybridized carbons (Fsp3) is 0.179. The molecule has 2 N–H and O–H groups in total. The number of methoxy groups -OCH3 is 1. The highest BCUT2D eigenvalue weighted by atomic mass is 32.1. The number of Topliss-reactive ketones (excluding diaryl/α,β-unsaturated/α-hetero) is 1. The van der Waals surface area contributed by atoms with Crippen LogP contribution in [0.4, 0.5) is 5.13 Å². The van der Waals surface area contributed by atoms with Gasteiger partial charge in [-0.25, -0.2) is 4.98 Å². The van der Waals surface area contributed by atoms with Crippen LogP contribution in [0.3, 0.4) is 0 Å². The van der Waals surface area contributed by atoms with E-state index in [-0.39, 0.29) is 17.1 Å². The minimum Gasteiger partial charge on any atom is -0.508 e. The van der Waals surface area contributed by atoms with Gasteiger partial charge in [-0.3, -0.25) is 14.5 Å². The average molecular weight is 517 g/mol. The molecule has 0 bridgehead atoms. The van der Waals surface area contributed by atoms with Crippen molar-refractivity contribution in [3.8, 4) is 17.2 Å². The lowest BCUT2D eigenvalue weighted by atomic mass is 9.95. The lowest BCUT2D eigenvalue weighted by Gasteiger charge is -2.23. The van der Waals surface area contributed by atoms with Gasteiger partial charge in [-0.1, -0.05) is 30.4 Å². The standard InChI is InChI=1S/C28H24N2O6S/c1-3-13-36-19-9-7-16(8-10-19)25(32)23-24(17-5-4-6-18(31)14-17)30(27(34)26(23)33)28-29-21-12-11-20(35-2)15-22(21)37-28/h4-12,14-15,24,31-32H,3,13H2,1-2H3. The molecular formula is C28H24N2O6S. The molecule has 0 spiro atoms. The van der Waals surface area contributed by atoms with Crippen LogP contribution in [0.25, 0.3) is 16.0 Å². The summed E-state index contributed by atoms with van der Waals surface area (Å²) in [4.78, 5) is 32.6. The van der Waals surface area contributed by atoms with Gasteiger partial charge in [-0.05, 0) is 66.6 Å². The summed E-state index contributed by atoms with van der Waals surface area (Å²) >= 11 is 1.23. The number of nitrogens with zero attached hydrogens (tertiary/aromatic N) is 2. The van der Waals surface area contributed by atoms with Gasteiger partial charge in [0.25, 0.3) is 5.78 Å². The van der Waals surface area contributed by atoms with Crippen molar-refractivity contribution >= 4 is 44.1 Å². The Balaban J connectivity index is 1.65. The number of fused-ring (bicyclic) bond motifs is 1. The van der Waals surface area contributed by atoms with E-state index >= 15 is 0 Å². The predicted octanol–water partition coefficient (Wildman–Crippen LogP) is 5.43. The highest BCUT2D eigenvalue weighted by molar-refractivity contribution is 7.22. The number of phenolic OH excluding ortho intramolecular Hbond substituents is 1. The zero-order valence-electron chi connectivity index (χ0n) is 20.2. The summed E-state index contributed by atoms with van der Waals surface area (Å²) in [6.07, 6.45) is 0.855. The number of hydrogen-bond acceptors (Lipinski definition) is 8. The third-order valence-electron chi connectivity index (χ3n) is 6.02. The number of aromatic nitrogens is 1. The Morgan fingerprint density at radius 2 is 1.81 bits per heavy atom. The molecule has 188 valence electrons. The Hall–Kier alpha value is -4.37. The SMILES string of the molecule is CCCOc1ccc(C(O)=C2C(=O)C(=O)N(c3nc4ccc(OC)cc4s3)C2c2cccc(O)c2)cc1. The molecule has 37 heavy (non-hydrogen) atoms. The molecule has 0 aliphatic carbocycles. The van der Waals surface area contributed by atoms with E-state index in [1.165, 1.54) is 28.4 Å². The van der Waals surface area contributed by atoms with Crippen LogP contribution in [0.15, 0.2) is 72.3 Å². The number of aromatic hydroxyl groups is 1. The number of anilines is 1. The molecule has 1 fully saturated rings. The summed E-state index contributed by atoms with van der Waals surface area (Å²) in [5, 5.41) is 21.8. The number of ketones is 1. The zero-order chi connectivity index (χ0) is 26.1. The molecular weight excluding hydrogens is 492 g/mol. The Morgan fingerprint density at radius 1 is 1.05 bits per heavy atom. The van der Waals surface area contributed by atoms with E-state index in [1.54, 1.807) is 61.7 Å². The first-order valence-corrected chi connectivity index (χ1v) is 12.5. The van der Waals surface area contributed by atoms with Gasteiger partial charge >= 0.3 is 5.91 Å². The van der Waals surface area contributed by atoms with E-state index in [2.05, 4.69) is 4.98 Å². The Morgan fingerprint density at radius 3 is 2.51 bits per heavy atom. The number of carbonyl (C=O) groups is 2. The minimum atomic E-state index is -0.995. The van der Waals surface area contributed by atoms with Crippen molar-refractivity contribution in [3.05, 3.63) is 83.4 Å². The van der Waals surface area contributed by atoms with Crippen LogP contribution in [-0.2, 0) is 9.59 Å². The van der Waals surface area contributed by atoms with Crippen LogP contribution in [0.2, 0.25) is 0 Å². The number of phenols is 1. The highest BCUT2D eigenvalue weighted by Crippen LogP contribution is 2.45. The van der Waals surface area contributed by atoms with Crippen LogP contribution >= 0.6 is 11.3 Å². The van der Waals surface area contributed by atoms with E-state index in [0.717, 1.165) is 11.1 Å². The third-order valence-corrected chi connectivity index (χ3v) is 7.04. The maximum absolute atomic E-state index is 13.4. The first-order chi connectivity index (χ1) is 17.9. The second kappa shape index (κ2) is 9.94. The Bertz CT molecular complexity index is 1530. The monoisotopic (exact) mass is 516 g/mol. The summed E-state index contributed by atoms with van der Waals surface area (Å²) in [5.74, 6) is -0.736. The fourth-order valence-corrected chi connectivity index (χ4v) is 5.27. The summed E-state index contributed by atoms with van der Waals surface area (Å²) in [6.45, 7) is 2.56. The number of thiazole rings is 1. The summed E-state index contributed by atoms with van der Waals surface area (Å²) in [7, 11) is 1.56. The van der Waals surface area contributed by atoms with E-state index in [0.29, 0.717) is 39.9 Å². The molecule has 4 aromatic rings. The zero-order valence-corrected chi connectivity index (χ0v) is 21.0. The number of carbonyl (C=O) groups excluding carboxylic acids is 2. The quantitative estimate of drug-likeness (QED) is 0.192. The van der Waals surface area contributed by atoms with E-state index in [1.807, 2.05) is 6.92 Å². The number of amides is 1. The number of aliphatic hydroxyl groups is 1. The van der Waals surface area contributed by atoms with Crippen molar-refractivity contribution in [2.45, 2.75) is 19.4 Å². The second-order valence-electron chi connectivity index (χ2n) is 8.47. The lowest BCUT2D eigenvalue weighted by molar-refractivity contribution is -0.132. The molecule has 0 radical (unpaired) electrons. The molecule has 9 heteroatoms. The Kier molecular flexibility index (Phi) is 6.54. The first-order valence-electron chi connectivity index (χ1n) is 11.7. The molecule has 1 atom stereocenters. The number of benzene rings is 3. The van der Waals surface area contributed by atoms with Gasteiger partial charge in [-0.15, -0.1) is 0 Å². The molecule has 3 aromatic carbocycles. The smallest absolute Gasteiger partial charge is 0.301 e. The second-order valence-corrected chi connectivity index (χ2v) is 9.48. The van der Waals surface area contributed by atoms with Crippen molar-refractivity contribution in [2.75, 3.05) is 18.6 Å². The van der Waals surface area contributed by atoms with Crippen LogP contribution in [0.1, 0.15) is 30.5 Å². The van der Waals surface area contributed by atoms with Crippen molar-refractivity contribution in [3.63, 3.8) is 0 Å². The molecule has 0 saturated carbocycles. The largest absolute Gasteiger partial charge is 0.508 e. The molecule has 8 nitrogen and oxygen atoms in total. The molecule has 1 saturated heterocycles. The van der Waals surface area contributed by atoms with Gasteiger partial charge in [0, 0.05) is 5.56 Å². The van der Waals surface area contributed by atoms with Crippen molar-refractivity contribution in [1.82, 2.24) is 4.98 Å². The normalized spacial score (nSPS) is 16.9. The molecule has 1 aliphatic rings. The molecule has 1 unspecified atom stereocenters. The van der Waals surface area contributed by atoms with Gasteiger partial charge in [0.2, 0.25) is 0 Å². The van der Waals surface area contributed by atoms with Gasteiger partial charge in [0.1, 0.15) is 23.0 Å². The van der Waals surface area contributed by atoms with Crippen molar-refractivity contribution < 1.29 is 29.3 Å². The molecule has 2 heterocycles. The molecule has 1 aliphatic heterocycles. The maximum atomic E-state index is 13.4.